The van der Waals surface area contributed by atoms with Crippen molar-refractivity contribution in [1.29, 1.82) is 0 Å². The summed E-state index contributed by atoms with van der Waals surface area (Å²) >= 11 is 1.28. The van der Waals surface area contributed by atoms with Crippen LogP contribution in [0.5, 0.6) is 0 Å². The lowest BCUT2D eigenvalue weighted by atomic mass is 10.0. The Hall–Kier alpha value is -2.89. The van der Waals surface area contributed by atoms with Gasteiger partial charge < -0.3 is 9.30 Å². The lowest BCUT2D eigenvalue weighted by Crippen LogP contribution is -2.43. The van der Waals surface area contributed by atoms with E-state index < -0.39 is 11.7 Å². The van der Waals surface area contributed by atoms with Gasteiger partial charge in [0.25, 0.3) is 0 Å². The number of morpholine rings is 1. The fraction of sp³-hybridized carbons (Fsp3) is 0.423. The molecule has 1 unspecified atom stereocenters. The van der Waals surface area contributed by atoms with E-state index in [1.165, 1.54) is 22.8 Å². The van der Waals surface area contributed by atoms with E-state index in [2.05, 4.69) is 9.88 Å². The van der Waals surface area contributed by atoms with E-state index in [0.29, 0.717) is 36.7 Å². The van der Waals surface area contributed by atoms with E-state index >= 15 is 0 Å². The van der Waals surface area contributed by atoms with Gasteiger partial charge >= 0.3 is 11.4 Å². The molecule has 5 rings (SSSR count). The summed E-state index contributed by atoms with van der Waals surface area (Å²) in [5, 5.41) is 6.16. The smallest absolute Gasteiger partial charge is 0.379 e. The molecule has 37 heavy (non-hydrogen) atoms. The minimum atomic E-state index is -4.43. The van der Waals surface area contributed by atoms with Crippen molar-refractivity contribution < 1.29 is 22.7 Å². The third kappa shape index (κ3) is 5.39. The standard InChI is InChI=1S/C26H28F3N5O2S/c1-3-22-23(31-34(25(35)37-22)10-9-33-11-13-36-14-12-33)17-7-8-21-20(16-17)30-24(32(21)2)18-5-4-6-19(15-18)26(27,28)29/h4-8,15-16,22H,3,9-14H2,1-2H3. The molecule has 2 aliphatic rings. The van der Waals surface area contributed by atoms with Crippen molar-refractivity contribution in [3.05, 3.63) is 53.6 Å². The van der Waals surface area contributed by atoms with Crippen LogP contribution in [0, 0.1) is 0 Å². The number of rotatable bonds is 6. The Kier molecular flexibility index (Phi) is 7.28. The first kappa shape index (κ1) is 25.7. The Morgan fingerprint density at radius 1 is 1.08 bits per heavy atom. The second kappa shape index (κ2) is 10.5. The van der Waals surface area contributed by atoms with Gasteiger partial charge in [0.05, 0.1) is 47.3 Å². The van der Waals surface area contributed by atoms with Crippen molar-refractivity contribution in [3.63, 3.8) is 0 Å². The first-order valence-electron chi connectivity index (χ1n) is 12.3. The average Bonchev–Trinajstić information content (AvgIpc) is 3.23. The Balaban J connectivity index is 1.46. The molecular formula is C26H28F3N5O2S. The molecule has 196 valence electrons. The van der Waals surface area contributed by atoms with Crippen LogP contribution in [-0.4, -0.2) is 75.1 Å². The number of ether oxygens (including phenoxy) is 1. The zero-order valence-corrected chi connectivity index (χ0v) is 21.5. The minimum absolute atomic E-state index is 0.0605. The number of amides is 1. The van der Waals surface area contributed by atoms with Crippen LogP contribution in [0.15, 0.2) is 47.6 Å². The fourth-order valence-electron chi connectivity index (χ4n) is 4.65. The van der Waals surface area contributed by atoms with Crippen molar-refractivity contribution in [2.24, 2.45) is 12.1 Å². The number of thioether (sulfide) groups is 1. The van der Waals surface area contributed by atoms with Crippen LogP contribution in [-0.2, 0) is 18.0 Å². The molecule has 11 heteroatoms. The number of hydrogen-bond acceptors (Lipinski definition) is 6. The number of fused-ring (bicyclic) bond motifs is 1. The number of aromatic nitrogens is 2. The number of alkyl halides is 3. The number of halogens is 3. The maximum atomic E-state index is 13.3. The van der Waals surface area contributed by atoms with Gasteiger partial charge in [0.15, 0.2) is 0 Å². The first-order chi connectivity index (χ1) is 17.7. The van der Waals surface area contributed by atoms with E-state index in [1.807, 2.05) is 25.1 Å². The molecule has 2 aromatic carbocycles. The van der Waals surface area contributed by atoms with E-state index in [4.69, 9.17) is 9.84 Å². The summed E-state index contributed by atoms with van der Waals surface area (Å²) in [7, 11) is 1.79. The number of carbonyl (C=O) groups excluding carboxylic acids is 1. The van der Waals surface area contributed by atoms with Gasteiger partial charge in [0.2, 0.25) is 0 Å². The third-order valence-electron chi connectivity index (χ3n) is 6.71. The van der Waals surface area contributed by atoms with Crippen LogP contribution in [0.25, 0.3) is 22.4 Å². The summed E-state index contributed by atoms with van der Waals surface area (Å²) in [6.45, 7) is 6.32. The molecule has 1 saturated heterocycles. The van der Waals surface area contributed by atoms with Crippen LogP contribution in [0.4, 0.5) is 18.0 Å². The van der Waals surface area contributed by atoms with Crippen molar-refractivity contribution >= 4 is 33.7 Å². The lowest BCUT2D eigenvalue weighted by molar-refractivity contribution is -0.137. The summed E-state index contributed by atoms with van der Waals surface area (Å²) in [6.07, 6.45) is -3.69. The van der Waals surface area contributed by atoms with Gasteiger partial charge in [-0.15, -0.1) is 0 Å². The Morgan fingerprint density at radius 3 is 2.59 bits per heavy atom. The SMILES string of the molecule is CCC1SC(=O)N(CCN2CCOCC2)N=C1c1ccc2c(c1)nc(-c1cccc(C(F)(F)F)c1)n2C. The van der Waals surface area contributed by atoms with Crippen LogP contribution < -0.4 is 0 Å². The first-order valence-corrected chi connectivity index (χ1v) is 13.1. The highest BCUT2D eigenvalue weighted by atomic mass is 32.2. The number of aryl methyl sites for hydroxylation is 1. The minimum Gasteiger partial charge on any atom is -0.379 e. The normalized spacial score (nSPS) is 19.5. The molecular weight excluding hydrogens is 503 g/mol. The molecule has 2 aliphatic heterocycles. The molecule has 3 aromatic rings. The predicted molar refractivity (Wildman–Crippen MR) is 139 cm³/mol. The summed E-state index contributed by atoms with van der Waals surface area (Å²) < 4.78 is 47.0. The van der Waals surface area contributed by atoms with Gasteiger partial charge in [-0.05, 0) is 30.7 Å². The predicted octanol–water partition coefficient (Wildman–Crippen LogP) is 5.24. The molecule has 0 spiro atoms. The quantitative estimate of drug-likeness (QED) is 0.435. The summed E-state index contributed by atoms with van der Waals surface area (Å²) in [5.41, 5.74) is 2.80. The molecule has 3 heterocycles. The van der Waals surface area contributed by atoms with E-state index in [-0.39, 0.29) is 10.5 Å². The van der Waals surface area contributed by atoms with Crippen LogP contribution in [0.3, 0.4) is 0 Å². The zero-order chi connectivity index (χ0) is 26.2. The molecule has 7 nitrogen and oxygen atoms in total. The number of hydrogen-bond donors (Lipinski definition) is 0. The average molecular weight is 532 g/mol. The molecule has 1 fully saturated rings. The number of carbonyl (C=O) groups is 1. The van der Waals surface area contributed by atoms with Crippen molar-refractivity contribution in [3.8, 4) is 11.4 Å². The fourth-order valence-corrected chi connectivity index (χ4v) is 5.61. The second-order valence-electron chi connectivity index (χ2n) is 9.12. The monoisotopic (exact) mass is 531 g/mol. The highest BCUT2D eigenvalue weighted by Crippen LogP contribution is 2.34. The molecule has 0 saturated carbocycles. The number of nitrogens with zero attached hydrogens (tertiary/aromatic N) is 5. The van der Waals surface area contributed by atoms with Gasteiger partial charge in [0, 0.05) is 37.8 Å². The van der Waals surface area contributed by atoms with E-state index in [1.54, 1.807) is 17.7 Å². The molecule has 0 aliphatic carbocycles. The summed E-state index contributed by atoms with van der Waals surface area (Å²) in [4.78, 5) is 19.7. The highest BCUT2D eigenvalue weighted by molar-refractivity contribution is 8.14. The van der Waals surface area contributed by atoms with Gasteiger partial charge in [-0.1, -0.05) is 36.9 Å². The van der Waals surface area contributed by atoms with E-state index in [0.717, 1.165) is 55.0 Å². The maximum Gasteiger partial charge on any atom is 0.416 e. The van der Waals surface area contributed by atoms with Crippen LogP contribution in [0.1, 0.15) is 24.5 Å². The topological polar surface area (TPSA) is 63.0 Å². The molecule has 0 radical (unpaired) electrons. The zero-order valence-electron chi connectivity index (χ0n) is 20.7. The van der Waals surface area contributed by atoms with Crippen LogP contribution in [0.2, 0.25) is 0 Å². The lowest BCUT2D eigenvalue weighted by Gasteiger charge is -2.31. The largest absolute Gasteiger partial charge is 0.416 e. The molecule has 1 aromatic heterocycles. The van der Waals surface area contributed by atoms with Gasteiger partial charge in [-0.2, -0.15) is 18.3 Å². The Labute approximate surface area is 217 Å². The molecule has 0 N–H and O–H groups in total. The third-order valence-corrected chi connectivity index (χ3v) is 7.97. The highest BCUT2D eigenvalue weighted by Gasteiger charge is 2.32. The number of benzene rings is 2. The Morgan fingerprint density at radius 2 is 1.86 bits per heavy atom. The second-order valence-corrected chi connectivity index (χ2v) is 10.3. The molecule has 1 amide bonds. The van der Waals surface area contributed by atoms with Crippen molar-refractivity contribution in [1.82, 2.24) is 19.5 Å². The molecule has 1 atom stereocenters. The van der Waals surface area contributed by atoms with Crippen molar-refractivity contribution in [2.45, 2.75) is 24.8 Å². The van der Waals surface area contributed by atoms with Gasteiger partial charge in [-0.3, -0.25) is 9.69 Å². The van der Waals surface area contributed by atoms with Gasteiger partial charge in [-0.25, -0.2) is 9.99 Å². The summed E-state index contributed by atoms with van der Waals surface area (Å²) in [6, 6.07) is 11.0. The van der Waals surface area contributed by atoms with Crippen molar-refractivity contribution in [2.75, 3.05) is 39.4 Å². The van der Waals surface area contributed by atoms with Gasteiger partial charge in [0.1, 0.15) is 5.82 Å². The number of hydrazone groups is 1. The maximum absolute atomic E-state index is 13.3. The summed E-state index contributed by atoms with van der Waals surface area (Å²) in [5.74, 6) is 0.451. The van der Waals surface area contributed by atoms with Crippen LogP contribution >= 0.6 is 11.8 Å². The Bertz CT molecular complexity index is 1330. The molecule has 0 bridgehead atoms. The van der Waals surface area contributed by atoms with E-state index in [9.17, 15) is 18.0 Å². The number of imidazole rings is 1.